The lowest BCUT2D eigenvalue weighted by molar-refractivity contribution is 0.371. The minimum absolute atomic E-state index is 0.791. The average molecular weight is 223 g/mol. The van der Waals surface area contributed by atoms with E-state index < -0.39 is 0 Å². The van der Waals surface area contributed by atoms with Crippen LogP contribution in [0.4, 0.5) is 5.00 Å². The zero-order valence-electron chi connectivity index (χ0n) is 9.35. The van der Waals surface area contributed by atoms with E-state index in [-0.39, 0.29) is 0 Å². The second kappa shape index (κ2) is 4.27. The summed E-state index contributed by atoms with van der Waals surface area (Å²) in [6.45, 7) is 3.98. The normalized spacial score (nSPS) is 14.5. The minimum atomic E-state index is 0.791. The molecule has 1 heterocycles. The van der Waals surface area contributed by atoms with Crippen molar-refractivity contribution in [3.8, 4) is 0 Å². The third kappa shape index (κ3) is 1.76. The van der Waals surface area contributed by atoms with Crippen LogP contribution >= 0.6 is 11.3 Å². The quantitative estimate of drug-likeness (QED) is 0.794. The number of fused-ring (bicyclic) bond motifs is 1. The summed E-state index contributed by atoms with van der Waals surface area (Å²) in [4.78, 5) is 1.51. The third-order valence-electron chi connectivity index (χ3n) is 2.92. The van der Waals surface area contributed by atoms with Crippen LogP contribution in [0.2, 0.25) is 0 Å². The molecule has 1 aromatic rings. The first-order valence-corrected chi connectivity index (χ1v) is 6.15. The summed E-state index contributed by atoms with van der Waals surface area (Å²) in [6, 6.07) is 0. The Hall–Kier alpha value is -0.960. The Morgan fingerprint density at radius 3 is 2.80 bits per heavy atom. The molecule has 1 aliphatic carbocycles. The van der Waals surface area contributed by atoms with Gasteiger partial charge < -0.3 is 10.1 Å². The van der Waals surface area contributed by atoms with E-state index >= 15 is 0 Å². The smallest absolute Gasteiger partial charge is 0.122 e. The third-order valence-corrected chi connectivity index (χ3v) is 4.23. The molecule has 0 radical (unpaired) electrons. The van der Waals surface area contributed by atoms with E-state index in [2.05, 4.69) is 11.9 Å². The summed E-state index contributed by atoms with van der Waals surface area (Å²) < 4.78 is 5.28. The SMILES string of the molecule is C=C(OC)c1c(NC)sc2c1CCCC2. The van der Waals surface area contributed by atoms with Crippen LogP contribution < -0.4 is 5.32 Å². The number of rotatable bonds is 3. The summed E-state index contributed by atoms with van der Waals surface area (Å²) in [5.41, 5.74) is 2.67. The molecule has 0 aromatic carbocycles. The Bertz CT molecular complexity index is 381. The van der Waals surface area contributed by atoms with Gasteiger partial charge in [-0.15, -0.1) is 11.3 Å². The fourth-order valence-electron chi connectivity index (χ4n) is 2.14. The van der Waals surface area contributed by atoms with Crippen LogP contribution in [0.5, 0.6) is 0 Å². The van der Waals surface area contributed by atoms with E-state index in [0.29, 0.717) is 0 Å². The number of hydrogen-bond donors (Lipinski definition) is 1. The predicted molar refractivity (Wildman–Crippen MR) is 66.6 cm³/mol. The van der Waals surface area contributed by atoms with Gasteiger partial charge in [0.2, 0.25) is 0 Å². The van der Waals surface area contributed by atoms with Gasteiger partial charge in [-0.05, 0) is 31.2 Å². The van der Waals surface area contributed by atoms with Crippen LogP contribution in [0, 0.1) is 0 Å². The summed E-state index contributed by atoms with van der Waals surface area (Å²) >= 11 is 1.85. The lowest BCUT2D eigenvalue weighted by atomic mass is 9.95. The Balaban J connectivity index is 2.49. The first-order valence-electron chi connectivity index (χ1n) is 5.33. The van der Waals surface area contributed by atoms with E-state index in [1.54, 1.807) is 7.11 Å². The standard InChI is InChI=1S/C12H17NOS/c1-8(14-3)11-9-6-4-5-7-10(9)15-12(11)13-2/h13H,1,4-7H2,2-3H3. The molecule has 0 fully saturated rings. The first-order chi connectivity index (χ1) is 7.27. The zero-order chi connectivity index (χ0) is 10.8. The van der Waals surface area contributed by atoms with Gasteiger partial charge in [0.15, 0.2) is 0 Å². The van der Waals surface area contributed by atoms with Crippen molar-refractivity contribution < 1.29 is 4.74 Å². The number of thiophene rings is 1. The van der Waals surface area contributed by atoms with Crippen LogP contribution in [0.15, 0.2) is 6.58 Å². The summed E-state index contributed by atoms with van der Waals surface area (Å²) in [5.74, 6) is 0.791. The summed E-state index contributed by atoms with van der Waals surface area (Å²) in [6.07, 6.45) is 4.99. The molecule has 0 aliphatic heterocycles. The minimum Gasteiger partial charge on any atom is -0.497 e. The molecule has 0 saturated heterocycles. The molecule has 0 unspecified atom stereocenters. The zero-order valence-corrected chi connectivity index (χ0v) is 10.2. The van der Waals surface area contributed by atoms with Gasteiger partial charge in [-0.1, -0.05) is 6.58 Å². The van der Waals surface area contributed by atoms with Crippen molar-refractivity contribution in [3.05, 3.63) is 22.6 Å². The molecule has 15 heavy (non-hydrogen) atoms. The van der Waals surface area contributed by atoms with E-state index in [0.717, 1.165) is 5.76 Å². The molecule has 0 atom stereocenters. The highest BCUT2D eigenvalue weighted by Crippen LogP contribution is 2.41. The van der Waals surface area contributed by atoms with Crippen LogP contribution in [0.1, 0.15) is 28.8 Å². The molecule has 0 amide bonds. The molecular weight excluding hydrogens is 206 g/mol. The monoisotopic (exact) mass is 223 g/mol. The predicted octanol–water partition coefficient (Wildman–Crippen LogP) is 3.29. The average Bonchev–Trinajstić information content (AvgIpc) is 2.66. The highest BCUT2D eigenvalue weighted by Gasteiger charge is 2.22. The van der Waals surface area contributed by atoms with Crippen molar-refractivity contribution in [1.82, 2.24) is 0 Å². The van der Waals surface area contributed by atoms with Gasteiger partial charge >= 0.3 is 0 Å². The Labute approximate surface area is 95.0 Å². The van der Waals surface area contributed by atoms with Crippen molar-refractivity contribution in [3.63, 3.8) is 0 Å². The summed E-state index contributed by atoms with van der Waals surface area (Å²) in [7, 11) is 3.65. The fraction of sp³-hybridized carbons (Fsp3) is 0.500. The van der Waals surface area contributed by atoms with Gasteiger partial charge in [-0.3, -0.25) is 0 Å². The first kappa shape index (κ1) is 10.6. The highest BCUT2D eigenvalue weighted by atomic mass is 32.1. The second-order valence-corrected chi connectivity index (χ2v) is 4.90. The van der Waals surface area contributed by atoms with E-state index in [9.17, 15) is 0 Å². The topological polar surface area (TPSA) is 21.3 Å². The molecule has 1 N–H and O–H groups in total. The van der Waals surface area contributed by atoms with Crippen LogP contribution in [0.25, 0.3) is 5.76 Å². The van der Waals surface area contributed by atoms with Gasteiger partial charge in [-0.25, -0.2) is 0 Å². The van der Waals surface area contributed by atoms with Gasteiger partial charge in [0.05, 0.1) is 17.7 Å². The Morgan fingerprint density at radius 2 is 2.13 bits per heavy atom. The van der Waals surface area contributed by atoms with Crippen molar-refractivity contribution in [2.75, 3.05) is 19.5 Å². The molecule has 0 spiro atoms. The maximum atomic E-state index is 5.28. The van der Waals surface area contributed by atoms with Crippen LogP contribution in [-0.4, -0.2) is 14.2 Å². The highest BCUT2D eigenvalue weighted by molar-refractivity contribution is 7.16. The van der Waals surface area contributed by atoms with Gasteiger partial charge in [0.25, 0.3) is 0 Å². The van der Waals surface area contributed by atoms with Gasteiger partial charge in [-0.2, -0.15) is 0 Å². The number of methoxy groups -OCH3 is 1. The van der Waals surface area contributed by atoms with Gasteiger partial charge in [0, 0.05) is 11.9 Å². The molecular formula is C12H17NOS. The van der Waals surface area contributed by atoms with E-state index in [1.165, 1.54) is 46.7 Å². The molecule has 0 saturated carbocycles. The maximum Gasteiger partial charge on any atom is 0.122 e. The lowest BCUT2D eigenvalue weighted by Crippen LogP contribution is -2.02. The van der Waals surface area contributed by atoms with Crippen molar-refractivity contribution in [2.24, 2.45) is 0 Å². The molecule has 82 valence electrons. The van der Waals surface area contributed by atoms with Crippen LogP contribution in [-0.2, 0) is 17.6 Å². The number of nitrogens with one attached hydrogen (secondary N) is 1. The Morgan fingerprint density at radius 1 is 1.40 bits per heavy atom. The van der Waals surface area contributed by atoms with E-state index in [1.807, 2.05) is 18.4 Å². The number of ether oxygens (including phenoxy) is 1. The number of anilines is 1. The lowest BCUT2D eigenvalue weighted by Gasteiger charge is -2.13. The van der Waals surface area contributed by atoms with Crippen molar-refractivity contribution in [1.29, 1.82) is 0 Å². The largest absolute Gasteiger partial charge is 0.497 e. The number of aryl methyl sites for hydroxylation is 1. The van der Waals surface area contributed by atoms with E-state index in [4.69, 9.17) is 4.74 Å². The molecule has 1 aromatic heterocycles. The van der Waals surface area contributed by atoms with Crippen molar-refractivity contribution in [2.45, 2.75) is 25.7 Å². The van der Waals surface area contributed by atoms with Gasteiger partial charge in [0.1, 0.15) is 5.76 Å². The fourth-order valence-corrected chi connectivity index (χ4v) is 3.40. The Kier molecular flexibility index (Phi) is 3.00. The maximum absolute atomic E-state index is 5.28. The second-order valence-electron chi connectivity index (χ2n) is 3.79. The number of hydrogen-bond acceptors (Lipinski definition) is 3. The molecule has 3 heteroatoms. The molecule has 2 nitrogen and oxygen atoms in total. The van der Waals surface area contributed by atoms with Crippen molar-refractivity contribution >= 4 is 22.1 Å². The summed E-state index contributed by atoms with van der Waals surface area (Å²) in [5, 5.41) is 4.45. The van der Waals surface area contributed by atoms with Crippen LogP contribution in [0.3, 0.4) is 0 Å². The molecule has 1 aliphatic rings. The molecule has 0 bridgehead atoms. The molecule has 2 rings (SSSR count).